The molecule has 5 nitrogen and oxygen atoms in total. The summed E-state index contributed by atoms with van der Waals surface area (Å²) < 4.78 is 29.8. The first-order valence-electron chi connectivity index (χ1n) is 8.17. The Hall–Kier alpha value is -2.48. The van der Waals surface area contributed by atoms with Crippen LogP contribution in [0.1, 0.15) is 0 Å². The molecule has 0 aliphatic carbocycles. The Morgan fingerprint density at radius 1 is 1.04 bits per heavy atom. The van der Waals surface area contributed by atoms with Crippen molar-refractivity contribution < 1.29 is 8.42 Å². The number of benzene rings is 2. The Labute approximate surface area is 156 Å². The minimum absolute atomic E-state index is 0.274. The van der Waals surface area contributed by atoms with E-state index in [0.29, 0.717) is 11.4 Å². The van der Waals surface area contributed by atoms with Crippen LogP contribution in [0.4, 0.5) is 0 Å². The molecular formula is C19H17N3O2S2. The molecule has 0 saturated carbocycles. The van der Waals surface area contributed by atoms with Gasteiger partial charge >= 0.3 is 0 Å². The van der Waals surface area contributed by atoms with Crippen LogP contribution in [0.2, 0.25) is 0 Å². The molecule has 0 unspecified atom stereocenters. The number of hydrogen-bond donors (Lipinski definition) is 1. The molecule has 0 aliphatic heterocycles. The van der Waals surface area contributed by atoms with E-state index in [-0.39, 0.29) is 6.54 Å². The third-order valence-corrected chi connectivity index (χ3v) is 6.33. The molecule has 7 heteroatoms. The number of rotatable bonds is 6. The quantitative estimate of drug-likeness (QED) is 0.552. The van der Waals surface area contributed by atoms with E-state index in [1.54, 1.807) is 28.2 Å². The van der Waals surface area contributed by atoms with Crippen LogP contribution >= 0.6 is 11.3 Å². The van der Waals surface area contributed by atoms with E-state index in [4.69, 9.17) is 0 Å². The second-order valence-corrected chi connectivity index (χ2v) is 8.37. The van der Waals surface area contributed by atoms with Gasteiger partial charge in [-0.15, -0.1) is 0 Å². The lowest BCUT2D eigenvalue weighted by atomic mass is 10.1. The first kappa shape index (κ1) is 17.0. The van der Waals surface area contributed by atoms with E-state index >= 15 is 0 Å². The predicted molar refractivity (Wildman–Crippen MR) is 105 cm³/mol. The molecule has 1 N–H and O–H groups in total. The van der Waals surface area contributed by atoms with Crippen molar-refractivity contribution in [3.05, 3.63) is 71.6 Å². The van der Waals surface area contributed by atoms with Crippen molar-refractivity contribution in [2.75, 3.05) is 6.54 Å². The fraction of sp³-hybridized carbons (Fsp3) is 0.105. The summed E-state index contributed by atoms with van der Waals surface area (Å²) in [4.78, 5) is 0.301. The smallest absolute Gasteiger partial charge is 0.241 e. The number of fused-ring (bicyclic) bond motifs is 1. The monoisotopic (exact) mass is 383 g/mol. The summed E-state index contributed by atoms with van der Waals surface area (Å²) >= 11 is 1.62. The maximum absolute atomic E-state index is 12.7. The normalized spacial score (nSPS) is 11.8. The van der Waals surface area contributed by atoms with Gasteiger partial charge in [0.15, 0.2) is 0 Å². The Bertz CT molecular complexity index is 1130. The summed E-state index contributed by atoms with van der Waals surface area (Å²) in [6.07, 6.45) is 1.86. The van der Waals surface area contributed by atoms with Crippen molar-refractivity contribution in [1.82, 2.24) is 14.5 Å². The molecule has 0 atom stereocenters. The third kappa shape index (κ3) is 3.41. The standard InChI is InChI=1S/C19H17N3O2S2/c23-26(24,19-7-3-5-15-4-1-2-6-17(15)19)20-10-12-22-11-8-18(21-22)16-9-13-25-14-16/h1-9,11,13-14,20H,10,12H2. The fourth-order valence-corrected chi connectivity index (χ4v) is 4.75. The van der Waals surface area contributed by atoms with E-state index in [1.807, 2.05) is 59.4 Å². The van der Waals surface area contributed by atoms with Gasteiger partial charge in [0.2, 0.25) is 10.0 Å². The van der Waals surface area contributed by atoms with E-state index < -0.39 is 10.0 Å². The summed E-state index contributed by atoms with van der Waals surface area (Å²) in [5, 5.41) is 10.2. The number of nitrogens with zero attached hydrogens (tertiary/aromatic N) is 2. The van der Waals surface area contributed by atoms with Crippen LogP contribution in [0.3, 0.4) is 0 Å². The van der Waals surface area contributed by atoms with Gasteiger partial charge in [0.1, 0.15) is 0 Å². The van der Waals surface area contributed by atoms with Crippen molar-refractivity contribution in [1.29, 1.82) is 0 Å². The second kappa shape index (κ2) is 7.03. The average Bonchev–Trinajstić information content (AvgIpc) is 3.32. The van der Waals surface area contributed by atoms with Crippen LogP contribution in [-0.2, 0) is 16.6 Å². The molecule has 2 heterocycles. The molecule has 0 saturated heterocycles. The Morgan fingerprint density at radius 2 is 1.88 bits per heavy atom. The molecule has 26 heavy (non-hydrogen) atoms. The van der Waals surface area contributed by atoms with E-state index in [2.05, 4.69) is 9.82 Å². The van der Waals surface area contributed by atoms with Gasteiger partial charge < -0.3 is 0 Å². The van der Waals surface area contributed by atoms with E-state index in [9.17, 15) is 8.42 Å². The summed E-state index contributed by atoms with van der Waals surface area (Å²) in [6, 6.07) is 16.7. The summed E-state index contributed by atoms with van der Waals surface area (Å²) in [5.41, 5.74) is 1.97. The molecule has 0 radical (unpaired) electrons. The minimum atomic E-state index is -3.58. The lowest BCUT2D eigenvalue weighted by Gasteiger charge is -2.09. The van der Waals surface area contributed by atoms with Gasteiger partial charge in [-0.1, -0.05) is 36.4 Å². The van der Waals surface area contributed by atoms with Gasteiger partial charge in [0, 0.05) is 29.1 Å². The van der Waals surface area contributed by atoms with Crippen LogP contribution in [-0.4, -0.2) is 24.7 Å². The van der Waals surface area contributed by atoms with Gasteiger partial charge in [-0.05, 0) is 29.0 Å². The molecule has 0 aliphatic rings. The predicted octanol–water partition coefficient (Wildman–Crippen LogP) is 3.74. The molecule has 2 aromatic heterocycles. The topological polar surface area (TPSA) is 64.0 Å². The lowest BCUT2D eigenvalue weighted by Crippen LogP contribution is -2.27. The van der Waals surface area contributed by atoms with Crippen LogP contribution < -0.4 is 4.72 Å². The molecule has 0 spiro atoms. The van der Waals surface area contributed by atoms with Crippen LogP contribution in [0, 0.1) is 0 Å². The third-order valence-electron chi connectivity index (χ3n) is 4.13. The largest absolute Gasteiger partial charge is 0.271 e. The van der Waals surface area contributed by atoms with Crippen molar-refractivity contribution in [2.24, 2.45) is 0 Å². The maximum Gasteiger partial charge on any atom is 0.241 e. The summed E-state index contributed by atoms with van der Waals surface area (Å²) in [6.45, 7) is 0.741. The number of aromatic nitrogens is 2. The summed E-state index contributed by atoms with van der Waals surface area (Å²) in [7, 11) is -3.58. The number of nitrogens with one attached hydrogen (secondary N) is 1. The Morgan fingerprint density at radius 3 is 2.73 bits per heavy atom. The highest BCUT2D eigenvalue weighted by Gasteiger charge is 2.16. The summed E-state index contributed by atoms with van der Waals surface area (Å²) in [5.74, 6) is 0. The Balaban J connectivity index is 1.47. The minimum Gasteiger partial charge on any atom is -0.271 e. The van der Waals surface area contributed by atoms with Gasteiger partial charge in [0.25, 0.3) is 0 Å². The number of hydrogen-bond acceptors (Lipinski definition) is 4. The van der Waals surface area contributed by atoms with Crippen LogP contribution in [0.25, 0.3) is 22.0 Å². The van der Waals surface area contributed by atoms with E-state index in [0.717, 1.165) is 22.0 Å². The molecule has 4 rings (SSSR count). The highest BCUT2D eigenvalue weighted by atomic mass is 32.2. The zero-order chi connectivity index (χ0) is 18.0. The van der Waals surface area contributed by atoms with Crippen molar-refractivity contribution in [2.45, 2.75) is 11.4 Å². The first-order chi connectivity index (χ1) is 12.6. The molecule has 132 valence electrons. The van der Waals surface area contributed by atoms with Gasteiger partial charge in [-0.25, -0.2) is 13.1 Å². The van der Waals surface area contributed by atoms with Crippen molar-refractivity contribution >= 4 is 32.1 Å². The average molecular weight is 383 g/mol. The van der Waals surface area contributed by atoms with Gasteiger partial charge in [-0.2, -0.15) is 16.4 Å². The van der Waals surface area contributed by atoms with Crippen molar-refractivity contribution in [3.8, 4) is 11.3 Å². The molecule has 0 fully saturated rings. The second-order valence-electron chi connectivity index (χ2n) is 5.85. The highest BCUT2D eigenvalue weighted by molar-refractivity contribution is 7.89. The number of sulfonamides is 1. The Kier molecular flexibility index (Phi) is 4.58. The number of thiophene rings is 1. The van der Waals surface area contributed by atoms with Gasteiger partial charge in [-0.3, -0.25) is 4.68 Å². The molecule has 0 amide bonds. The fourth-order valence-electron chi connectivity index (χ4n) is 2.85. The first-order valence-corrected chi connectivity index (χ1v) is 10.6. The van der Waals surface area contributed by atoms with Gasteiger partial charge in [0.05, 0.1) is 17.1 Å². The maximum atomic E-state index is 12.7. The lowest BCUT2D eigenvalue weighted by molar-refractivity contribution is 0.562. The van der Waals surface area contributed by atoms with Crippen molar-refractivity contribution in [3.63, 3.8) is 0 Å². The van der Waals surface area contributed by atoms with Crippen LogP contribution in [0.15, 0.2) is 76.4 Å². The molecular weight excluding hydrogens is 366 g/mol. The van der Waals surface area contributed by atoms with E-state index in [1.165, 1.54) is 0 Å². The highest BCUT2D eigenvalue weighted by Crippen LogP contribution is 2.22. The zero-order valence-electron chi connectivity index (χ0n) is 13.9. The zero-order valence-corrected chi connectivity index (χ0v) is 15.5. The molecule has 0 bridgehead atoms. The molecule has 4 aromatic rings. The SMILES string of the molecule is O=S(=O)(NCCn1ccc(-c2ccsc2)n1)c1cccc2ccccc12. The molecule has 2 aromatic carbocycles. The van der Waals surface area contributed by atoms with Crippen LogP contribution in [0.5, 0.6) is 0 Å².